The van der Waals surface area contributed by atoms with Gasteiger partial charge < -0.3 is 9.30 Å². The first kappa shape index (κ1) is 21.0. The first-order chi connectivity index (χ1) is 15.5. The van der Waals surface area contributed by atoms with E-state index in [1.165, 1.54) is 16.2 Å². The van der Waals surface area contributed by atoms with E-state index in [2.05, 4.69) is 28.2 Å². The van der Waals surface area contributed by atoms with E-state index in [0.29, 0.717) is 23.4 Å². The predicted molar refractivity (Wildman–Crippen MR) is 123 cm³/mol. The molecule has 0 saturated carbocycles. The maximum Gasteiger partial charge on any atom is 0.322 e. The normalized spacial score (nSPS) is 10.5. The number of rotatable bonds is 6. The van der Waals surface area contributed by atoms with E-state index in [0.717, 1.165) is 23.2 Å². The molecule has 2 aromatic carbocycles. The van der Waals surface area contributed by atoms with E-state index in [-0.39, 0.29) is 11.6 Å². The molecule has 0 atom stereocenters. The summed E-state index contributed by atoms with van der Waals surface area (Å²) in [5.74, 6) is 0.446. The second kappa shape index (κ2) is 9.27. The third-order valence-corrected chi connectivity index (χ3v) is 5.18. The Balaban J connectivity index is 1.74. The zero-order valence-corrected chi connectivity index (χ0v) is 17.9. The second-order valence-corrected chi connectivity index (χ2v) is 7.55. The molecule has 0 N–H and O–H groups in total. The second-order valence-electron chi connectivity index (χ2n) is 7.55. The van der Waals surface area contributed by atoms with Crippen molar-refractivity contribution in [2.45, 2.75) is 19.8 Å². The Morgan fingerprint density at radius 2 is 1.81 bits per heavy atom. The average molecular weight is 422 g/mol. The van der Waals surface area contributed by atoms with Crippen LogP contribution in [0.3, 0.4) is 0 Å². The van der Waals surface area contributed by atoms with Crippen LogP contribution in [-0.2, 0) is 19.9 Å². The number of para-hydroxylation sites is 1. The van der Waals surface area contributed by atoms with Crippen LogP contribution in [0.1, 0.15) is 22.4 Å². The van der Waals surface area contributed by atoms with Gasteiger partial charge in [0, 0.05) is 30.6 Å². The number of nitriles is 1. The molecule has 0 aliphatic heterocycles. The molecule has 0 bridgehead atoms. The Morgan fingerprint density at radius 1 is 1.00 bits per heavy atom. The minimum atomic E-state index is -0.0952. The van der Waals surface area contributed by atoms with Gasteiger partial charge in [-0.25, -0.2) is 0 Å². The molecular weight excluding hydrogens is 400 g/mol. The molecule has 0 amide bonds. The number of benzene rings is 2. The third-order valence-electron chi connectivity index (χ3n) is 5.18. The fraction of sp³-hybridized carbons (Fsp3) is 0.154. The predicted octanol–water partition coefficient (Wildman–Crippen LogP) is 4.60. The molecule has 4 rings (SSSR count). The molecule has 0 unspecified atom stereocenters. The largest absolute Gasteiger partial charge is 0.423 e. The van der Waals surface area contributed by atoms with Crippen molar-refractivity contribution in [2.75, 3.05) is 0 Å². The molecule has 0 aliphatic rings. The van der Waals surface area contributed by atoms with Crippen LogP contribution in [0.5, 0.6) is 11.8 Å². The van der Waals surface area contributed by atoms with E-state index >= 15 is 0 Å². The average Bonchev–Trinajstić information content (AvgIpc) is 2.81. The van der Waals surface area contributed by atoms with Gasteiger partial charge in [-0.15, -0.1) is 0 Å². The van der Waals surface area contributed by atoms with Crippen molar-refractivity contribution in [2.24, 2.45) is 7.05 Å². The maximum atomic E-state index is 11.8. The number of nitrogens with zero attached hydrogens (tertiary/aromatic N) is 4. The van der Waals surface area contributed by atoms with Crippen LogP contribution in [0.15, 0.2) is 77.7 Å². The topological polar surface area (TPSA) is 80.8 Å². The number of pyridine rings is 1. The summed E-state index contributed by atoms with van der Waals surface area (Å²) in [6.07, 6.45) is 3.25. The summed E-state index contributed by atoms with van der Waals surface area (Å²) in [6, 6.07) is 23.1. The SMILES string of the molecule is Cc1cccc(C#N)c1Oc1nc(CCc2ccccc2)cc(-c2ccc(=O)n(C)c2)n1. The standard InChI is InChI=1S/C26H22N4O2/c1-18-7-6-10-20(16-27)25(18)32-26-28-22(13-11-19-8-4-3-5-9-19)15-23(29-26)21-12-14-24(31)30(2)17-21/h3-10,12,14-15,17H,11,13H2,1-2H3. The molecule has 0 saturated heterocycles. The van der Waals surface area contributed by atoms with Crippen molar-refractivity contribution in [3.05, 3.63) is 106 Å². The van der Waals surface area contributed by atoms with E-state index in [1.54, 1.807) is 25.4 Å². The minimum Gasteiger partial charge on any atom is -0.423 e. The fourth-order valence-corrected chi connectivity index (χ4v) is 3.42. The zero-order valence-electron chi connectivity index (χ0n) is 17.9. The summed E-state index contributed by atoms with van der Waals surface area (Å²) >= 11 is 0. The number of aryl methyl sites for hydroxylation is 4. The molecule has 158 valence electrons. The molecule has 0 spiro atoms. The summed E-state index contributed by atoms with van der Waals surface area (Å²) in [6.45, 7) is 1.88. The molecule has 2 aromatic heterocycles. The van der Waals surface area contributed by atoms with Crippen LogP contribution in [0.2, 0.25) is 0 Å². The summed E-state index contributed by atoms with van der Waals surface area (Å²) < 4.78 is 7.54. The highest BCUT2D eigenvalue weighted by Crippen LogP contribution is 2.28. The van der Waals surface area contributed by atoms with E-state index in [9.17, 15) is 10.1 Å². The van der Waals surface area contributed by atoms with Gasteiger partial charge in [0.25, 0.3) is 0 Å². The van der Waals surface area contributed by atoms with Crippen LogP contribution in [0.25, 0.3) is 11.3 Å². The Morgan fingerprint density at radius 3 is 2.56 bits per heavy atom. The van der Waals surface area contributed by atoms with Crippen molar-refractivity contribution in [3.63, 3.8) is 0 Å². The fourth-order valence-electron chi connectivity index (χ4n) is 3.42. The number of hydrogen-bond donors (Lipinski definition) is 0. The zero-order chi connectivity index (χ0) is 22.5. The molecule has 4 aromatic rings. The third kappa shape index (κ3) is 4.73. The Labute approximate surface area is 186 Å². The molecule has 0 aliphatic carbocycles. The van der Waals surface area contributed by atoms with E-state index in [4.69, 9.17) is 4.74 Å². The van der Waals surface area contributed by atoms with E-state index in [1.807, 2.05) is 43.3 Å². The first-order valence-electron chi connectivity index (χ1n) is 10.3. The molecule has 0 radical (unpaired) electrons. The minimum absolute atomic E-state index is 0.0952. The quantitative estimate of drug-likeness (QED) is 0.454. The Hall–Kier alpha value is -4.24. The Bertz CT molecular complexity index is 1350. The van der Waals surface area contributed by atoms with Gasteiger partial charge in [-0.1, -0.05) is 42.5 Å². The van der Waals surface area contributed by atoms with Gasteiger partial charge in [-0.05, 0) is 49.1 Å². The van der Waals surface area contributed by atoms with Crippen LogP contribution in [-0.4, -0.2) is 14.5 Å². The number of ether oxygens (including phenoxy) is 1. The van der Waals surface area contributed by atoms with Crippen molar-refractivity contribution in [3.8, 4) is 29.1 Å². The lowest BCUT2D eigenvalue weighted by Gasteiger charge is -2.12. The summed E-state index contributed by atoms with van der Waals surface area (Å²) in [5, 5.41) is 9.47. The highest BCUT2D eigenvalue weighted by Gasteiger charge is 2.13. The van der Waals surface area contributed by atoms with Crippen molar-refractivity contribution in [1.29, 1.82) is 5.26 Å². The van der Waals surface area contributed by atoms with Crippen molar-refractivity contribution in [1.82, 2.24) is 14.5 Å². The van der Waals surface area contributed by atoms with Gasteiger partial charge in [0.1, 0.15) is 6.07 Å². The highest BCUT2D eigenvalue weighted by atomic mass is 16.5. The lowest BCUT2D eigenvalue weighted by Crippen LogP contribution is -2.14. The summed E-state index contributed by atoms with van der Waals surface area (Å²) in [7, 11) is 1.70. The van der Waals surface area contributed by atoms with Crippen molar-refractivity contribution < 1.29 is 4.74 Å². The summed E-state index contributed by atoms with van der Waals surface area (Å²) in [5.41, 5.74) is 4.61. The van der Waals surface area contributed by atoms with Gasteiger partial charge >= 0.3 is 6.01 Å². The van der Waals surface area contributed by atoms with Crippen LogP contribution in [0, 0.1) is 18.3 Å². The lowest BCUT2D eigenvalue weighted by molar-refractivity contribution is 0.435. The molecular formula is C26H22N4O2. The van der Waals surface area contributed by atoms with Gasteiger partial charge in [-0.2, -0.15) is 15.2 Å². The van der Waals surface area contributed by atoms with Gasteiger partial charge in [0.05, 0.1) is 11.3 Å². The van der Waals surface area contributed by atoms with Crippen LogP contribution < -0.4 is 10.3 Å². The molecule has 32 heavy (non-hydrogen) atoms. The van der Waals surface area contributed by atoms with E-state index < -0.39 is 0 Å². The molecule has 0 fully saturated rings. The summed E-state index contributed by atoms with van der Waals surface area (Å²) in [4.78, 5) is 21.0. The Kier molecular flexibility index (Phi) is 6.09. The van der Waals surface area contributed by atoms with Crippen LogP contribution in [0.4, 0.5) is 0 Å². The lowest BCUT2D eigenvalue weighted by atomic mass is 10.1. The van der Waals surface area contributed by atoms with Crippen molar-refractivity contribution >= 4 is 0 Å². The smallest absolute Gasteiger partial charge is 0.322 e. The van der Waals surface area contributed by atoms with Gasteiger partial charge in [-0.3, -0.25) is 4.79 Å². The maximum absolute atomic E-state index is 11.8. The molecule has 2 heterocycles. The van der Waals surface area contributed by atoms with Gasteiger partial charge in [0.15, 0.2) is 5.75 Å². The van der Waals surface area contributed by atoms with Crippen LogP contribution >= 0.6 is 0 Å². The number of hydrogen-bond acceptors (Lipinski definition) is 5. The number of aromatic nitrogens is 3. The molecule has 6 heteroatoms. The monoisotopic (exact) mass is 422 g/mol. The molecule has 6 nitrogen and oxygen atoms in total. The van der Waals surface area contributed by atoms with Gasteiger partial charge in [0.2, 0.25) is 5.56 Å². The highest BCUT2D eigenvalue weighted by molar-refractivity contribution is 5.59. The first-order valence-corrected chi connectivity index (χ1v) is 10.3.